The molecule has 1 heterocycles. The molecule has 3 heteroatoms. The first kappa shape index (κ1) is 6.01. The molecule has 34 valence electrons. The van der Waals surface area contributed by atoms with E-state index in [1.165, 1.54) is 0 Å². The van der Waals surface area contributed by atoms with Crippen LogP contribution in [0.4, 0.5) is 0 Å². The Morgan fingerprint density at radius 3 is 2.50 bits per heavy atom. The van der Waals surface area contributed by atoms with Crippen LogP contribution in [-0.4, -0.2) is 33.9 Å². The Morgan fingerprint density at radius 1 is 1.50 bits per heavy atom. The van der Waals surface area contributed by atoms with E-state index in [4.69, 9.17) is 0 Å². The molecule has 0 radical (unpaired) electrons. The monoisotopic (exact) mass is 192 g/mol. The molecule has 0 aromatic carbocycles. The fourth-order valence-electron chi connectivity index (χ4n) is 0.215. The number of hydrogen-bond donors (Lipinski definition) is 1. The van der Waals surface area contributed by atoms with Gasteiger partial charge < -0.3 is 4.98 Å². The topological polar surface area (TPSA) is 28.7 Å². The quantitative estimate of drug-likeness (QED) is 0.521. The summed E-state index contributed by atoms with van der Waals surface area (Å²) in [6.07, 6.45) is 5.08. The van der Waals surface area contributed by atoms with Crippen LogP contribution in [0.2, 0.25) is 0 Å². The van der Waals surface area contributed by atoms with E-state index in [2.05, 4.69) is 9.97 Å². The second-order valence-corrected chi connectivity index (χ2v) is 0.761. The van der Waals surface area contributed by atoms with Crippen molar-refractivity contribution in [3.8, 4) is 0 Å². The second-order valence-electron chi connectivity index (χ2n) is 0.761. The van der Waals surface area contributed by atoms with Gasteiger partial charge in [0.05, 0.1) is 6.33 Å². The third-order valence-corrected chi connectivity index (χ3v) is 0.406. The Kier molecular flexibility index (Phi) is 3.21. The van der Waals surface area contributed by atoms with Gasteiger partial charge in [0.15, 0.2) is 0 Å². The maximum atomic E-state index is 3.67. The van der Waals surface area contributed by atoms with Crippen LogP contribution in [0.3, 0.4) is 0 Å². The van der Waals surface area contributed by atoms with Crippen LogP contribution >= 0.6 is 0 Å². The molecule has 1 rings (SSSR count). The standard InChI is InChI=1S/C3H4N2.Sn.4H/c1-2-5-3-4-1;;;;;/h1-3H,(H,4,5);;;;;. The third kappa shape index (κ3) is 1.45. The van der Waals surface area contributed by atoms with Crippen molar-refractivity contribution >= 4 is 23.9 Å². The average Bonchev–Trinajstić information content (AvgIpc) is 1.76. The summed E-state index contributed by atoms with van der Waals surface area (Å²) in [5.74, 6) is 0. The number of aromatic nitrogens is 2. The van der Waals surface area contributed by atoms with Gasteiger partial charge in [-0.25, -0.2) is 4.98 Å². The van der Waals surface area contributed by atoms with Gasteiger partial charge in [0, 0.05) is 12.4 Å². The van der Waals surface area contributed by atoms with Crippen LogP contribution in [-0.2, 0) is 0 Å². The van der Waals surface area contributed by atoms with E-state index in [0.717, 1.165) is 0 Å². The molecule has 1 aromatic heterocycles. The van der Waals surface area contributed by atoms with Gasteiger partial charge in [-0.1, -0.05) is 0 Å². The first-order valence-electron chi connectivity index (χ1n) is 1.43. The number of aromatic amines is 1. The van der Waals surface area contributed by atoms with Crippen LogP contribution in [0.5, 0.6) is 0 Å². The van der Waals surface area contributed by atoms with Crippen molar-refractivity contribution in [2.75, 3.05) is 0 Å². The first-order chi connectivity index (χ1) is 2.50. The van der Waals surface area contributed by atoms with E-state index in [-0.39, 0.29) is 23.9 Å². The van der Waals surface area contributed by atoms with Crippen LogP contribution < -0.4 is 0 Å². The van der Waals surface area contributed by atoms with Crippen LogP contribution in [0.15, 0.2) is 18.7 Å². The molecule has 0 saturated carbocycles. The zero-order chi connectivity index (χ0) is 3.54. The molecule has 2 nitrogen and oxygen atoms in total. The maximum absolute atomic E-state index is 3.67. The Morgan fingerprint density at radius 2 is 2.33 bits per heavy atom. The van der Waals surface area contributed by atoms with Gasteiger partial charge in [-0.2, -0.15) is 0 Å². The number of imidazole rings is 1. The Labute approximate surface area is 52.9 Å². The van der Waals surface area contributed by atoms with Crippen molar-refractivity contribution in [3.63, 3.8) is 0 Å². The van der Waals surface area contributed by atoms with Crippen molar-refractivity contribution in [2.45, 2.75) is 0 Å². The zero-order valence-electron chi connectivity index (χ0n) is 2.68. The van der Waals surface area contributed by atoms with E-state index in [0.29, 0.717) is 0 Å². The summed E-state index contributed by atoms with van der Waals surface area (Å²) in [7, 11) is 0. The number of hydrogen-bond acceptors (Lipinski definition) is 1. The summed E-state index contributed by atoms with van der Waals surface area (Å²) < 4.78 is 0. The summed E-state index contributed by atoms with van der Waals surface area (Å²) in [5, 5.41) is 0. The summed E-state index contributed by atoms with van der Waals surface area (Å²) in [6, 6.07) is 0. The van der Waals surface area contributed by atoms with Crippen molar-refractivity contribution < 1.29 is 0 Å². The summed E-state index contributed by atoms with van der Waals surface area (Å²) in [5.41, 5.74) is 0. The van der Waals surface area contributed by atoms with E-state index >= 15 is 0 Å². The predicted molar refractivity (Wildman–Crippen MR) is 29.9 cm³/mol. The van der Waals surface area contributed by atoms with Gasteiger partial charge in [-0.15, -0.1) is 0 Å². The van der Waals surface area contributed by atoms with E-state index < -0.39 is 0 Å². The van der Waals surface area contributed by atoms with Gasteiger partial charge in [-0.3, -0.25) is 0 Å². The fourth-order valence-corrected chi connectivity index (χ4v) is 0.215. The molecule has 0 amide bonds. The Hall–Kier alpha value is 0.00870. The van der Waals surface area contributed by atoms with Gasteiger partial charge in [-0.05, 0) is 0 Å². The number of nitrogens with one attached hydrogen (secondary N) is 1. The molecule has 0 aliphatic heterocycles. The molecule has 0 bridgehead atoms. The molecule has 0 spiro atoms. The smallest absolute Gasteiger partial charge is 0.0919 e. The zero-order valence-corrected chi connectivity index (χ0v) is 2.68. The van der Waals surface area contributed by atoms with Gasteiger partial charge in [0.2, 0.25) is 0 Å². The normalized spacial score (nSPS) is 6.67. The van der Waals surface area contributed by atoms with Gasteiger partial charge in [0.1, 0.15) is 0 Å². The molecule has 0 unspecified atom stereocenters. The molecular weight excluding hydrogens is 183 g/mol. The molecule has 0 fully saturated rings. The second kappa shape index (κ2) is 3.21. The Bertz CT molecular complexity index is 65.3. The largest absolute Gasteiger partial charge is 0.351 e. The fraction of sp³-hybridized carbons (Fsp3) is 0. The molecule has 1 N–H and O–H groups in total. The molecule has 0 saturated heterocycles. The van der Waals surface area contributed by atoms with Crippen LogP contribution in [0.1, 0.15) is 0 Å². The van der Waals surface area contributed by atoms with Crippen LogP contribution in [0, 0.1) is 0 Å². The summed E-state index contributed by atoms with van der Waals surface area (Å²) in [6.45, 7) is 0. The average molecular weight is 191 g/mol. The minimum atomic E-state index is 0. The molecule has 6 heavy (non-hydrogen) atoms. The maximum Gasteiger partial charge on any atom is 0.0919 e. The van der Waals surface area contributed by atoms with Crippen molar-refractivity contribution in [3.05, 3.63) is 18.7 Å². The first-order valence-corrected chi connectivity index (χ1v) is 1.43. The summed E-state index contributed by atoms with van der Waals surface area (Å²) >= 11 is 0. The minimum absolute atomic E-state index is 0. The van der Waals surface area contributed by atoms with Crippen molar-refractivity contribution in [1.82, 2.24) is 9.97 Å². The molecule has 0 atom stereocenters. The van der Waals surface area contributed by atoms with Crippen molar-refractivity contribution in [1.29, 1.82) is 0 Å². The predicted octanol–water partition coefficient (Wildman–Crippen LogP) is -1.04. The van der Waals surface area contributed by atoms with E-state index in [1.54, 1.807) is 18.7 Å². The number of H-pyrrole nitrogens is 1. The number of nitrogens with zero attached hydrogens (tertiary/aromatic N) is 1. The minimum Gasteiger partial charge on any atom is -0.351 e. The number of rotatable bonds is 0. The SMILES string of the molecule is [SnH4].c1c[nH]cn1. The molecule has 1 aromatic rings. The Balaban J connectivity index is 0.000000250. The van der Waals surface area contributed by atoms with E-state index in [1.807, 2.05) is 0 Å². The van der Waals surface area contributed by atoms with E-state index in [9.17, 15) is 0 Å². The van der Waals surface area contributed by atoms with Gasteiger partial charge in [0.25, 0.3) is 0 Å². The van der Waals surface area contributed by atoms with Gasteiger partial charge >= 0.3 is 23.9 Å². The summed E-state index contributed by atoms with van der Waals surface area (Å²) in [4.78, 5) is 6.42. The molecule has 0 aliphatic rings. The molecule has 0 aliphatic carbocycles. The third-order valence-electron chi connectivity index (χ3n) is 0.406. The van der Waals surface area contributed by atoms with Crippen LogP contribution in [0.25, 0.3) is 0 Å². The molecular formula is C3H8N2Sn. The van der Waals surface area contributed by atoms with Crippen molar-refractivity contribution in [2.24, 2.45) is 0 Å².